The van der Waals surface area contributed by atoms with Crippen molar-refractivity contribution in [3.05, 3.63) is 12.2 Å². The lowest BCUT2D eigenvalue weighted by atomic mass is 9.85. The van der Waals surface area contributed by atoms with Crippen molar-refractivity contribution in [3.63, 3.8) is 0 Å². The van der Waals surface area contributed by atoms with Crippen LogP contribution in [-0.2, 0) is 28.6 Å². The molecule has 0 spiro atoms. The molecule has 0 aromatic heterocycles. The second-order valence-corrected chi connectivity index (χ2v) is 6.27. The minimum atomic E-state index is -2.03. The highest BCUT2D eigenvalue weighted by Crippen LogP contribution is 2.46. The molecular formula is C16H24O8. The van der Waals surface area contributed by atoms with Gasteiger partial charge >= 0.3 is 17.9 Å². The van der Waals surface area contributed by atoms with Crippen LogP contribution in [0.15, 0.2) is 12.2 Å². The van der Waals surface area contributed by atoms with Gasteiger partial charge in [-0.2, -0.15) is 0 Å². The van der Waals surface area contributed by atoms with Crippen molar-refractivity contribution >= 4 is 17.9 Å². The van der Waals surface area contributed by atoms with Crippen molar-refractivity contribution in [2.45, 2.75) is 52.1 Å². The number of ether oxygens (including phenoxy) is 3. The third kappa shape index (κ3) is 3.59. The van der Waals surface area contributed by atoms with Crippen molar-refractivity contribution in [1.82, 2.24) is 0 Å². The Morgan fingerprint density at radius 1 is 1.17 bits per heavy atom. The van der Waals surface area contributed by atoms with Crippen LogP contribution in [0.25, 0.3) is 0 Å². The summed E-state index contributed by atoms with van der Waals surface area (Å²) in [5, 5.41) is 19.1. The first-order chi connectivity index (χ1) is 11.0. The third-order valence-electron chi connectivity index (χ3n) is 3.97. The van der Waals surface area contributed by atoms with Crippen molar-refractivity contribution in [1.29, 1.82) is 0 Å². The van der Waals surface area contributed by atoms with Gasteiger partial charge in [-0.05, 0) is 18.1 Å². The Kier molecular flexibility index (Phi) is 6.13. The molecule has 0 aliphatic carbocycles. The number of carbonyl (C=O) groups excluding carboxylic acids is 1. The minimum Gasteiger partial charge on any atom is -0.479 e. The number of aliphatic carboxylic acids is 2. The van der Waals surface area contributed by atoms with E-state index in [0.717, 1.165) is 0 Å². The average Bonchev–Trinajstić information content (AvgIpc) is 2.82. The number of hydrogen-bond acceptors (Lipinski definition) is 6. The van der Waals surface area contributed by atoms with E-state index in [1.165, 1.54) is 19.1 Å². The highest BCUT2D eigenvalue weighted by atomic mass is 16.8. The fourth-order valence-corrected chi connectivity index (χ4v) is 2.57. The molecule has 136 valence electrons. The zero-order valence-corrected chi connectivity index (χ0v) is 14.4. The Hall–Kier alpha value is -1.93. The largest absolute Gasteiger partial charge is 0.479 e. The van der Waals surface area contributed by atoms with E-state index in [2.05, 4.69) is 0 Å². The van der Waals surface area contributed by atoms with Crippen molar-refractivity contribution in [2.75, 3.05) is 6.61 Å². The number of carbonyl (C=O) groups is 3. The molecule has 1 aliphatic rings. The van der Waals surface area contributed by atoms with Gasteiger partial charge < -0.3 is 24.4 Å². The van der Waals surface area contributed by atoms with Crippen LogP contribution >= 0.6 is 0 Å². The van der Waals surface area contributed by atoms with Crippen LogP contribution in [0.3, 0.4) is 0 Å². The van der Waals surface area contributed by atoms with Gasteiger partial charge in [0.1, 0.15) is 6.61 Å². The molecule has 8 nitrogen and oxygen atoms in total. The van der Waals surface area contributed by atoms with E-state index < -0.39 is 41.3 Å². The Labute approximate surface area is 140 Å². The summed E-state index contributed by atoms with van der Waals surface area (Å²) in [7, 11) is 0. The zero-order valence-electron chi connectivity index (χ0n) is 14.4. The number of hydrogen-bond donors (Lipinski definition) is 2. The molecule has 1 fully saturated rings. The molecule has 0 bridgehead atoms. The topological polar surface area (TPSA) is 119 Å². The van der Waals surface area contributed by atoms with E-state index in [4.69, 9.17) is 14.2 Å². The Morgan fingerprint density at radius 3 is 2.08 bits per heavy atom. The van der Waals surface area contributed by atoms with E-state index in [0.29, 0.717) is 0 Å². The minimum absolute atomic E-state index is 0.0595. The molecular weight excluding hydrogens is 320 g/mol. The monoisotopic (exact) mass is 344 g/mol. The first-order valence-electron chi connectivity index (χ1n) is 7.64. The van der Waals surface area contributed by atoms with Crippen molar-refractivity contribution < 1.29 is 38.8 Å². The summed E-state index contributed by atoms with van der Waals surface area (Å²) in [6, 6.07) is 0. The van der Waals surface area contributed by atoms with Gasteiger partial charge in [0.15, 0.2) is 11.9 Å². The van der Waals surface area contributed by atoms with E-state index >= 15 is 0 Å². The number of carboxylic acid groups (broad SMARTS) is 2. The molecule has 1 heterocycles. The first kappa shape index (κ1) is 20.1. The van der Waals surface area contributed by atoms with Crippen LogP contribution in [0, 0.1) is 11.8 Å². The second kappa shape index (κ2) is 7.31. The van der Waals surface area contributed by atoms with E-state index in [9.17, 15) is 24.6 Å². The summed E-state index contributed by atoms with van der Waals surface area (Å²) in [5.74, 6) is -5.88. The Bertz CT molecular complexity index is 538. The van der Waals surface area contributed by atoms with E-state index in [-0.39, 0.29) is 12.5 Å². The van der Waals surface area contributed by atoms with Gasteiger partial charge in [-0.25, -0.2) is 9.59 Å². The predicted octanol–water partition coefficient (Wildman–Crippen LogP) is 1.44. The average molecular weight is 344 g/mol. The fourth-order valence-electron chi connectivity index (χ4n) is 2.57. The maximum Gasteiger partial charge on any atom is 0.339 e. The van der Waals surface area contributed by atoms with Gasteiger partial charge in [-0.1, -0.05) is 27.7 Å². The summed E-state index contributed by atoms with van der Waals surface area (Å²) in [6.45, 7) is 7.75. The van der Waals surface area contributed by atoms with Gasteiger partial charge in [0, 0.05) is 12.8 Å². The summed E-state index contributed by atoms with van der Waals surface area (Å²) >= 11 is 0. The fraction of sp³-hybridized carbons (Fsp3) is 0.688. The molecule has 1 rings (SSSR count). The van der Waals surface area contributed by atoms with Crippen LogP contribution in [0.5, 0.6) is 0 Å². The lowest BCUT2D eigenvalue weighted by Gasteiger charge is -2.33. The summed E-state index contributed by atoms with van der Waals surface area (Å²) in [6.07, 6.45) is 1.18. The van der Waals surface area contributed by atoms with Gasteiger partial charge in [0.2, 0.25) is 5.60 Å². The van der Waals surface area contributed by atoms with Gasteiger partial charge in [-0.3, -0.25) is 4.79 Å². The normalized spacial score (nSPS) is 30.2. The first-order valence-corrected chi connectivity index (χ1v) is 7.64. The van der Waals surface area contributed by atoms with Crippen LogP contribution in [-0.4, -0.2) is 52.2 Å². The van der Waals surface area contributed by atoms with Gasteiger partial charge in [-0.15, -0.1) is 0 Å². The van der Waals surface area contributed by atoms with Crippen LogP contribution in [0.4, 0.5) is 0 Å². The molecule has 0 aromatic rings. The van der Waals surface area contributed by atoms with E-state index in [1.807, 2.05) is 0 Å². The smallest absolute Gasteiger partial charge is 0.339 e. The maximum atomic E-state index is 11.8. The SMILES string of the molecule is CC(=O)OC/C=C/C1(C(C)C)O[C@@H](C(=O)O)[C@@](C(=O)O)(C(C)C)O1. The predicted molar refractivity (Wildman–Crippen MR) is 82.1 cm³/mol. The number of esters is 1. The van der Waals surface area contributed by atoms with Crippen LogP contribution < -0.4 is 0 Å². The van der Waals surface area contributed by atoms with Crippen molar-refractivity contribution in [2.24, 2.45) is 11.8 Å². The Morgan fingerprint density at radius 2 is 1.75 bits per heavy atom. The Balaban J connectivity index is 3.27. The summed E-state index contributed by atoms with van der Waals surface area (Å²) in [4.78, 5) is 34.2. The molecule has 0 saturated carbocycles. The molecule has 1 aliphatic heterocycles. The van der Waals surface area contributed by atoms with Gasteiger partial charge in [0.25, 0.3) is 0 Å². The molecule has 24 heavy (non-hydrogen) atoms. The lowest BCUT2D eigenvalue weighted by molar-refractivity contribution is -0.202. The lowest BCUT2D eigenvalue weighted by Crippen LogP contribution is -2.55. The molecule has 3 atom stereocenters. The second-order valence-electron chi connectivity index (χ2n) is 6.27. The molecule has 1 unspecified atom stereocenters. The summed E-state index contributed by atoms with van der Waals surface area (Å²) < 4.78 is 16.1. The van der Waals surface area contributed by atoms with Crippen molar-refractivity contribution in [3.8, 4) is 0 Å². The van der Waals surface area contributed by atoms with Crippen LogP contribution in [0.1, 0.15) is 34.6 Å². The standard InChI is InChI=1S/C16H24O8/c1-9(2)15(7-6-8-22-11(5)17)23-12(13(18)19)16(24-15,10(3)4)14(20)21/h6-7,9-10,12H,8H2,1-5H3,(H,18,19)(H,20,21)/b7-6+/t12-,15?,16+/m0/s1. The number of carboxylic acids is 2. The summed E-state index contributed by atoms with van der Waals surface area (Å²) in [5.41, 5.74) is -2.03. The van der Waals surface area contributed by atoms with Crippen LogP contribution in [0.2, 0.25) is 0 Å². The highest BCUT2D eigenvalue weighted by molar-refractivity contribution is 5.88. The molecule has 0 amide bonds. The quantitative estimate of drug-likeness (QED) is 0.526. The third-order valence-corrected chi connectivity index (χ3v) is 3.97. The molecule has 0 radical (unpaired) electrons. The molecule has 1 saturated heterocycles. The molecule has 0 aromatic carbocycles. The van der Waals surface area contributed by atoms with E-state index in [1.54, 1.807) is 27.7 Å². The zero-order chi connectivity index (χ0) is 18.7. The highest BCUT2D eigenvalue weighted by Gasteiger charge is 2.66. The van der Waals surface area contributed by atoms with Gasteiger partial charge in [0.05, 0.1) is 0 Å². The molecule has 2 N–H and O–H groups in total. The molecule has 8 heteroatoms. The number of rotatable bonds is 7. The maximum absolute atomic E-state index is 11.8.